The van der Waals surface area contributed by atoms with Gasteiger partial charge in [-0.3, -0.25) is 9.78 Å². The number of hydrogen-bond acceptors (Lipinski definition) is 8. The Hall–Kier alpha value is -1.84. The standard InChI is InChI=1S/C23H29Cl2N5O3/c1-23(2)9-14(3-5-33-23)10-28-20-13-29-22(25)21(30-20)16-7-15(27-11-17(16)24)8-18(31)19-12-26-4-6-32-19/h7,11,13-14,19,26H,3-6,8-10,12H2,1-2H3,(H,28,30)/t14-,19+/m0/s1. The summed E-state index contributed by atoms with van der Waals surface area (Å²) in [5, 5.41) is 7.16. The maximum Gasteiger partial charge on any atom is 0.168 e. The number of ether oxygens (including phenoxy) is 2. The molecule has 2 N–H and O–H groups in total. The molecule has 0 unspecified atom stereocenters. The third-order valence-corrected chi connectivity index (χ3v) is 6.49. The van der Waals surface area contributed by atoms with Crippen LogP contribution in [0.1, 0.15) is 32.4 Å². The minimum absolute atomic E-state index is 0.0324. The van der Waals surface area contributed by atoms with E-state index in [4.69, 9.17) is 32.7 Å². The van der Waals surface area contributed by atoms with Gasteiger partial charge < -0.3 is 20.1 Å². The van der Waals surface area contributed by atoms with Gasteiger partial charge in [0.1, 0.15) is 17.6 Å². The van der Waals surface area contributed by atoms with Crippen molar-refractivity contribution >= 4 is 34.8 Å². The van der Waals surface area contributed by atoms with Crippen molar-refractivity contribution in [2.45, 2.75) is 44.8 Å². The number of morpholine rings is 1. The predicted octanol–water partition coefficient (Wildman–Crippen LogP) is 3.56. The topological polar surface area (TPSA) is 98.3 Å². The molecule has 2 aliphatic rings. The molecule has 4 heterocycles. The summed E-state index contributed by atoms with van der Waals surface area (Å²) in [7, 11) is 0. The zero-order valence-corrected chi connectivity index (χ0v) is 20.4. The molecule has 10 heteroatoms. The average molecular weight is 494 g/mol. The molecule has 0 spiro atoms. The Labute approximate surface area is 203 Å². The molecule has 2 fully saturated rings. The number of anilines is 1. The Morgan fingerprint density at radius 3 is 2.88 bits per heavy atom. The fraction of sp³-hybridized carbons (Fsp3) is 0.565. The first-order chi connectivity index (χ1) is 15.8. The van der Waals surface area contributed by atoms with E-state index >= 15 is 0 Å². The zero-order valence-electron chi connectivity index (χ0n) is 18.9. The van der Waals surface area contributed by atoms with E-state index < -0.39 is 6.10 Å². The number of halogens is 2. The quantitative estimate of drug-likeness (QED) is 0.603. The normalized spacial score (nSPS) is 22.7. The maximum atomic E-state index is 12.6. The second-order valence-electron chi connectivity index (χ2n) is 9.10. The van der Waals surface area contributed by atoms with E-state index in [-0.39, 0.29) is 23.0 Å². The van der Waals surface area contributed by atoms with Gasteiger partial charge in [0.2, 0.25) is 0 Å². The fourth-order valence-corrected chi connectivity index (χ4v) is 4.62. The lowest BCUT2D eigenvalue weighted by molar-refractivity contribution is -0.131. The molecular formula is C23H29Cl2N5O3. The largest absolute Gasteiger partial charge is 0.376 e. The van der Waals surface area contributed by atoms with E-state index in [1.165, 1.54) is 6.20 Å². The zero-order chi connectivity index (χ0) is 23.4. The highest BCUT2D eigenvalue weighted by molar-refractivity contribution is 6.35. The number of nitrogens with zero attached hydrogens (tertiary/aromatic N) is 3. The predicted molar refractivity (Wildman–Crippen MR) is 128 cm³/mol. The Kier molecular flexibility index (Phi) is 7.81. The van der Waals surface area contributed by atoms with Gasteiger partial charge >= 0.3 is 0 Å². The van der Waals surface area contributed by atoms with Crippen LogP contribution >= 0.6 is 23.2 Å². The van der Waals surface area contributed by atoms with Gasteiger partial charge in [0.05, 0.1) is 29.8 Å². The van der Waals surface area contributed by atoms with E-state index in [1.807, 2.05) is 0 Å². The lowest BCUT2D eigenvalue weighted by atomic mass is 9.88. The van der Waals surface area contributed by atoms with Crippen molar-refractivity contribution in [3.8, 4) is 11.3 Å². The number of hydrogen-bond donors (Lipinski definition) is 2. The van der Waals surface area contributed by atoms with Crippen molar-refractivity contribution in [1.29, 1.82) is 0 Å². The van der Waals surface area contributed by atoms with Crippen LogP contribution in [0.4, 0.5) is 5.82 Å². The van der Waals surface area contributed by atoms with Crippen LogP contribution in [0.2, 0.25) is 10.2 Å². The number of pyridine rings is 1. The van der Waals surface area contributed by atoms with E-state index in [9.17, 15) is 4.79 Å². The third-order valence-electron chi connectivity index (χ3n) is 5.91. The smallest absolute Gasteiger partial charge is 0.168 e. The number of aromatic nitrogens is 3. The second kappa shape index (κ2) is 10.6. The minimum atomic E-state index is -0.467. The summed E-state index contributed by atoms with van der Waals surface area (Å²) < 4.78 is 11.4. The molecule has 33 heavy (non-hydrogen) atoms. The highest BCUT2D eigenvalue weighted by Gasteiger charge is 2.29. The first-order valence-corrected chi connectivity index (χ1v) is 12.0. The molecule has 2 aromatic heterocycles. The lowest BCUT2D eigenvalue weighted by Crippen LogP contribution is -2.43. The fourth-order valence-electron chi connectivity index (χ4n) is 4.24. The van der Waals surface area contributed by atoms with Crippen molar-refractivity contribution in [1.82, 2.24) is 20.3 Å². The van der Waals surface area contributed by atoms with Gasteiger partial charge in [-0.05, 0) is 38.7 Å². The lowest BCUT2D eigenvalue weighted by Gasteiger charge is -2.35. The van der Waals surface area contributed by atoms with Crippen molar-refractivity contribution in [3.05, 3.63) is 34.3 Å². The van der Waals surface area contributed by atoms with Crippen molar-refractivity contribution in [2.24, 2.45) is 5.92 Å². The summed E-state index contributed by atoms with van der Waals surface area (Å²) >= 11 is 12.8. The summed E-state index contributed by atoms with van der Waals surface area (Å²) in [6.45, 7) is 7.53. The summed E-state index contributed by atoms with van der Waals surface area (Å²) in [4.78, 5) is 25.9. The van der Waals surface area contributed by atoms with Crippen LogP contribution in [-0.2, 0) is 20.7 Å². The van der Waals surface area contributed by atoms with Crippen LogP contribution in [-0.4, -0.2) is 65.3 Å². The Morgan fingerprint density at radius 2 is 2.12 bits per heavy atom. The van der Waals surface area contributed by atoms with E-state index in [0.717, 1.165) is 32.5 Å². The highest BCUT2D eigenvalue weighted by atomic mass is 35.5. The van der Waals surface area contributed by atoms with Crippen LogP contribution in [0.5, 0.6) is 0 Å². The van der Waals surface area contributed by atoms with Crippen molar-refractivity contribution in [3.63, 3.8) is 0 Å². The number of ketones is 1. The molecule has 2 aliphatic heterocycles. The second-order valence-corrected chi connectivity index (χ2v) is 9.87. The molecule has 0 bridgehead atoms. The molecule has 8 nitrogen and oxygen atoms in total. The first kappa shape index (κ1) is 24.3. The number of nitrogens with one attached hydrogen (secondary N) is 2. The summed E-state index contributed by atoms with van der Waals surface area (Å²) in [5.74, 6) is 1.06. The minimum Gasteiger partial charge on any atom is -0.376 e. The highest BCUT2D eigenvalue weighted by Crippen LogP contribution is 2.32. The Morgan fingerprint density at radius 1 is 1.27 bits per heavy atom. The molecule has 0 amide bonds. The monoisotopic (exact) mass is 493 g/mol. The van der Waals surface area contributed by atoms with Crippen LogP contribution in [0.3, 0.4) is 0 Å². The van der Waals surface area contributed by atoms with Gasteiger partial charge in [0, 0.05) is 43.7 Å². The van der Waals surface area contributed by atoms with E-state index in [1.54, 1.807) is 12.3 Å². The molecule has 2 aromatic rings. The van der Waals surface area contributed by atoms with Gasteiger partial charge in [-0.25, -0.2) is 9.97 Å². The van der Waals surface area contributed by atoms with Gasteiger partial charge in [-0.2, -0.15) is 0 Å². The first-order valence-electron chi connectivity index (χ1n) is 11.2. The Bertz CT molecular complexity index is 998. The van der Waals surface area contributed by atoms with Crippen LogP contribution in [0.15, 0.2) is 18.5 Å². The van der Waals surface area contributed by atoms with Crippen LogP contribution < -0.4 is 10.6 Å². The summed E-state index contributed by atoms with van der Waals surface area (Å²) in [6, 6.07) is 1.75. The number of carbonyl (C=O) groups is 1. The van der Waals surface area contributed by atoms with Crippen LogP contribution in [0.25, 0.3) is 11.3 Å². The third kappa shape index (κ3) is 6.39. The van der Waals surface area contributed by atoms with Gasteiger partial charge in [-0.1, -0.05) is 23.2 Å². The number of Topliss-reactive ketones (excluding diaryl/α,β-unsaturated/α-hetero) is 1. The van der Waals surface area contributed by atoms with E-state index in [2.05, 4.69) is 39.4 Å². The molecule has 0 aliphatic carbocycles. The Balaban J connectivity index is 1.48. The molecule has 0 saturated carbocycles. The molecule has 2 atom stereocenters. The van der Waals surface area contributed by atoms with Gasteiger partial charge in [0.25, 0.3) is 0 Å². The van der Waals surface area contributed by atoms with Crippen molar-refractivity contribution in [2.75, 3.05) is 38.2 Å². The molecule has 0 radical (unpaired) electrons. The average Bonchev–Trinajstić information content (AvgIpc) is 2.80. The van der Waals surface area contributed by atoms with Gasteiger partial charge in [-0.15, -0.1) is 0 Å². The molecule has 2 saturated heterocycles. The van der Waals surface area contributed by atoms with Crippen molar-refractivity contribution < 1.29 is 14.3 Å². The molecule has 0 aromatic carbocycles. The molecular weight excluding hydrogens is 465 g/mol. The molecule has 4 rings (SSSR count). The number of rotatable bonds is 7. The molecule has 178 valence electrons. The number of carbonyl (C=O) groups excluding carboxylic acids is 1. The van der Waals surface area contributed by atoms with E-state index in [0.29, 0.717) is 46.9 Å². The summed E-state index contributed by atoms with van der Waals surface area (Å²) in [5.41, 5.74) is 1.50. The SMILES string of the molecule is CC1(C)C[C@@H](CNc2cnc(Cl)c(-c3cc(CC(=O)[C@H]4CNCCO4)ncc3Cl)n2)CCO1. The van der Waals surface area contributed by atoms with Crippen LogP contribution in [0, 0.1) is 5.92 Å². The van der Waals surface area contributed by atoms with Gasteiger partial charge in [0.15, 0.2) is 10.9 Å². The summed E-state index contributed by atoms with van der Waals surface area (Å²) in [6.07, 6.45) is 4.77. The maximum absolute atomic E-state index is 12.6.